The fraction of sp³-hybridized carbons (Fsp3) is 0.278. The third-order valence-corrected chi connectivity index (χ3v) is 8.64. The molecule has 0 spiro atoms. The Morgan fingerprint density at radius 1 is 1.09 bits per heavy atom. The summed E-state index contributed by atoms with van der Waals surface area (Å²) in [5.74, 6) is -0.549. The Morgan fingerprint density at radius 2 is 1.91 bits per heavy atom. The predicted octanol–water partition coefficient (Wildman–Crippen LogP) is 5.95. The van der Waals surface area contributed by atoms with Crippen LogP contribution in [0, 0.1) is 18.3 Å². The summed E-state index contributed by atoms with van der Waals surface area (Å²) in [5, 5.41) is 21.6. The van der Waals surface area contributed by atoms with Gasteiger partial charge in [0.15, 0.2) is 0 Å². The van der Waals surface area contributed by atoms with Gasteiger partial charge in [-0.25, -0.2) is 0 Å². The van der Waals surface area contributed by atoms with Crippen LogP contribution < -0.4 is 10.6 Å². The maximum atomic E-state index is 13.7. The molecule has 9 nitrogen and oxygen atoms in total. The number of benzene rings is 2. The molecule has 0 radical (unpaired) electrons. The molecule has 5 aromatic rings. The van der Waals surface area contributed by atoms with Gasteiger partial charge >= 0.3 is 0 Å². The molecular weight excluding hydrogens is 564 g/mol. The van der Waals surface area contributed by atoms with Crippen LogP contribution in [0.15, 0.2) is 79.1 Å². The highest BCUT2D eigenvalue weighted by molar-refractivity contribution is 6.10. The smallest absolute Gasteiger partial charge is 0.248 e. The lowest BCUT2D eigenvalue weighted by atomic mass is 9.93. The Kier molecular flexibility index (Phi) is 8.60. The second kappa shape index (κ2) is 12.9. The van der Waals surface area contributed by atoms with Gasteiger partial charge in [0.05, 0.1) is 34.1 Å². The van der Waals surface area contributed by atoms with Crippen LogP contribution in [0.2, 0.25) is 0 Å². The van der Waals surface area contributed by atoms with Crippen LogP contribution in [-0.2, 0) is 16.6 Å². The van der Waals surface area contributed by atoms with Crippen LogP contribution in [0.25, 0.3) is 27.5 Å². The zero-order valence-electron chi connectivity index (χ0n) is 25.7. The summed E-state index contributed by atoms with van der Waals surface area (Å²) < 4.78 is 9.11. The Bertz CT molecular complexity index is 1970. The number of amides is 1. The summed E-state index contributed by atoms with van der Waals surface area (Å²) in [7, 11) is 3.67. The first-order valence-electron chi connectivity index (χ1n) is 15.2. The molecule has 228 valence electrons. The molecule has 1 aliphatic carbocycles. The number of pyridine rings is 1. The van der Waals surface area contributed by atoms with Gasteiger partial charge in [-0.3, -0.25) is 14.3 Å². The number of methoxy groups -OCH3 is 1. The monoisotopic (exact) mass is 600 g/mol. The number of hydrogen-bond donors (Lipinski definition) is 2. The van der Waals surface area contributed by atoms with E-state index in [0.29, 0.717) is 35.6 Å². The van der Waals surface area contributed by atoms with Crippen molar-refractivity contribution in [3.63, 3.8) is 0 Å². The van der Waals surface area contributed by atoms with Crippen LogP contribution in [0.1, 0.15) is 52.9 Å². The minimum absolute atomic E-state index is 0.216. The number of fused-ring (bicyclic) bond motifs is 2. The second-order valence-corrected chi connectivity index (χ2v) is 11.6. The van der Waals surface area contributed by atoms with E-state index in [2.05, 4.69) is 46.9 Å². The minimum Gasteiger partial charge on any atom is -0.381 e. The van der Waals surface area contributed by atoms with E-state index in [9.17, 15) is 14.9 Å². The lowest BCUT2D eigenvalue weighted by Crippen LogP contribution is -2.35. The fourth-order valence-electron chi connectivity index (χ4n) is 6.25. The molecule has 1 amide bonds. The third-order valence-electron chi connectivity index (χ3n) is 8.64. The maximum absolute atomic E-state index is 13.7. The van der Waals surface area contributed by atoms with Crippen LogP contribution in [0.4, 0.5) is 5.69 Å². The van der Waals surface area contributed by atoms with Crippen molar-refractivity contribution in [2.24, 2.45) is 7.05 Å². The number of ketones is 1. The van der Waals surface area contributed by atoms with Crippen molar-refractivity contribution in [1.82, 2.24) is 19.5 Å². The standard InChI is InChI=1S/C36H36N6O3/c1-23-18-32-26(22-41(2)40-32)20-30(23)29-6-5-17-42-33(29)14-15-34(42)36(44)24-8-13-31(25(19-24)21-37)39-35(43)7-4-16-38-27-9-11-28(45-3)12-10-27/h4-8,13-15,17-20,22,27-28,38H,9-12,16H2,1-3H3,(H,39,43)/b7-4+. The molecular formula is C36H36N6O3. The first kappa shape index (κ1) is 30.0. The van der Waals surface area contributed by atoms with Crippen LogP contribution in [0.5, 0.6) is 0 Å². The summed E-state index contributed by atoms with van der Waals surface area (Å²) in [4.78, 5) is 26.3. The molecule has 9 heteroatoms. The van der Waals surface area contributed by atoms with Crippen molar-refractivity contribution in [1.29, 1.82) is 5.26 Å². The van der Waals surface area contributed by atoms with E-state index in [0.717, 1.165) is 58.8 Å². The number of ether oxygens (including phenoxy) is 1. The molecule has 3 heterocycles. The van der Waals surface area contributed by atoms with Gasteiger partial charge in [-0.15, -0.1) is 0 Å². The van der Waals surface area contributed by atoms with E-state index in [1.807, 2.05) is 42.0 Å². The van der Waals surface area contributed by atoms with Crippen molar-refractivity contribution in [3.05, 3.63) is 102 Å². The fourth-order valence-corrected chi connectivity index (χ4v) is 6.25. The Hall–Kier alpha value is -5.04. The van der Waals surface area contributed by atoms with E-state index in [1.54, 1.807) is 30.0 Å². The largest absolute Gasteiger partial charge is 0.381 e. The lowest BCUT2D eigenvalue weighted by Gasteiger charge is -2.27. The number of nitriles is 1. The number of rotatable bonds is 9. The molecule has 0 saturated heterocycles. The van der Waals surface area contributed by atoms with Crippen LogP contribution in [0.3, 0.4) is 0 Å². The summed E-state index contributed by atoms with van der Waals surface area (Å²) in [6.45, 7) is 2.65. The summed E-state index contributed by atoms with van der Waals surface area (Å²) in [6, 6.07) is 19.3. The first-order valence-corrected chi connectivity index (χ1v) is 15.2. The van der Waals surface area contributed by atoms with Gasteiger partial charge in [0.25, 0.3) is 0 Å². The maximum Gasteiger partial charge on any atom is 0.248 e. The Morgan fingerprint density at radius 3 is 2.69 bits per heavy atom. The SMILES string of the molecule is COC1CCC(NC/C=C/C(=O)Nc2ccc(C(=O)c3ccc4c(-c5cc6cn(C)nc6cc5C)cccn34)cc2C#N)CC1. The zero-order valence-corrected chi connectivity index (χ0v) is 25.7. The van der Waals surface area contributed by atoms with E-state index in [1.165, 1.54) is 12.1 Å². The van der Waals surface area contributed by atoms with Crippen LogP contribution >= 0.6 is 0 Å². The number of carbonyl (C=O) groups excluding carboxylic acids is 2. The molecule has 1 aliphatic rings. The molecule has 0 unspecified atom stereocenters. The highest BCUT2D eigenvalue weighted by atomic mass is 16.5. The van der Waals surface area contributed by atoms with Gasteiger partial charge in [0, 0.05) is 61.7 Å². The van der Waals surface area contributed by atoms with Crippen molar-refractivity contribution in [2.45, 2.75) is 44.8 Å². The van der Waals surface area contributed by atoms with E-state index >= 15 is 0 Å². The second-order valence-electron chi connectivity index (χ2n) is 11.6. The van der Waals surface area contributed by atoms with Crippen molar-refractivity contribution in [3.8, 4) is 17.2 Å². The molecule has 2 aromatic carbocycles. The number of hydrogen-bond acceptors (Lipinski definition) is 6. The summed E-state index contributed by atoms with van der Waals surface area (Å²) in [5.41, 5.74) is 6.45. The average Bonchev–Trinajstić information content (AvgIpc) is 3.65. The highest BCUT2D eigenvalue weighted by Crippen LogP contribution is 2.32. The average molecular weight is 601 g/mol. The number of nitrogens with zero attached hydrogens (tertiary/aromatic N) is 4. The van der Waals surface area contributed by atoms with Crippen molar-refractivity contribution >= 4 is 33.8 Å². The van der Waals surface area contributed by atoms with E-state index in [4.69, 9.17) is 4.74 Å². The highest BCUT2D eigenvalue weighted by Gasteiger charge is 2.20. The summed E-state index contributed by atoms with van der Waals surface area (Å²) in [6.07, 6.45) is 11.6. The van der Waals surface area contributed by atoms with Crippen molar-refractivity contribution < 1.29 is 14.3 Å². The third kappa shape index (κ3) is 6.29. The predicted molar refractivity (Wildman–Crippen MR) is 175 cm³/mol. The van der Waals surface area contributed by atoms with Gasteiger partial charge in [-0.1, -0.05) is 12.1 Å². The number of nitrogens with one attached hydrogen (secondary N) is 2. The van der Waals surface area contributed by atoms with E-state index < -0.39 is 0 Å². The lowest BCUT2D eigenvalue weighted by molar-refractivity contribution is -0.111. The molecule has 1 saturated carbocycles. The molecule has 2 N–H and O–H groups in total. The molecule has 1 fully saturated rings. The van der Waals surface area contributed by atoms with Crippen molar-refractivity contribution in [2.75, 3.05) is 19.0 Å². The number of anilines is 1. The Labute approximate surface area is 262 Å². The molecule has 0 bridgehead atoms. The molecule has 3 aromatic heterocycles. The summed E-state index contributed by atoms with van der Waals surface area (Å²) >= 11 is 0. The quantitative estimate of drug-likeness (QED) is 0.160. The number of carbonyl (C=O) groups is 2. The van der Waals surface area contributed by atoms with Crippen LogP contribution in [-0.4, -0.2) is 51.7 Å². The van der Waals surface area contributed by atoms with Gasteiger partial charge in [-0.2, -0.15) is 10.4 Å². The Balaban J connectivity index is 1.16. The molecule has 0 aliphatic heterocycles. The number of aryl methyl sites for hydroxylation is 2. The minimum atomic E-state index is -0.333. The molecule has 0 atom stereocenters. The van der Waals surface area contributed by atoms with Gasteiger partial charge in [0.1, 0.15) is 6.07 Å². The number of aromatic nitrogens is 3. The molecule has 6 rings (SSSR count). The molecule has 45 heavy (non-hydrogen) atoms. The van der Waals surface area contributed by atoms with Gasteiger partial charge in [0.2, 0.25) is 11.7 Å². The van der Waals surface area contributed by atoms with Gasteiger partial charge in [-0.05, 0) is 92.3 Å². The normalized spacial score (nSPS) is 16.8. The first-order chi connectivity index (χ1) is 21.8. The topological polar surface area (TPSA) is 113 Å². The zero-order chi connectivity index (χ0) is 31.5. The van der Waals surface area contributed by atoms with Gasteiger partial charge < -0.3 is 19.8 Å². The van der Waals surface area contributed by atoms with E-state index in [-0.39, 0.29) is 17.3 Å².